The van der Waals surface area contributed by atoms with Crippen molar-refractivity contribution in [2.75, 3.05) is 15.8 Å². The first-order valence-corrected chi connectivity index (χ1v) is 10.4. The van der Waals surface area contributed by atoms with Crippen LogP contribution in [-0.2, 0) is 10.0 Å². The zero-order valence-electron chi connectivity index (χ0n) is 15.3. The molecule has 0 aliphatic rings. The SMILES string of the molecule is CCS(=O)(=O)Nc1ccccc1Nc1ccc(OC(=O)c2ccccc2)cc1. The molecular formula is C21H20N2O4S. The van der Waals surface area contributed by atoms with Gasteiger partial charge in [-0.25, -0.2) is 13.2 Å². The van der Waals surface area contributed by atoms with Gasteiger partial charge in [0, 0.05) is 5.69 Å². The van der Waals surface area contributed by atoms with E-state index in [0.717, 1.165) is 5.69 Å². The van der Waals surface area contributed by atoms with E-state index in [1.807, 2.05) is 12.1 Å². The third-order valence-electron chi connectivity index (χ3n) is 3.93. The van der Waals surface area contributed by atoms with Crippen molar-refractivity contribution in [2.24, 2.45) is 0 Å². The van der Waals surface area contributed by atoms with Crippen molar-refractivity contribution in [3.63, 3.8) is 0 Å². The maximum absolute atomic E-state index is 12.1. The molecule has 0 bridgehead atoms. The Hall–Kier alpha value is -3.32. The summed E-state index contributed by atoms with van der Waals surface area (Å²) in [6.45, 7) is 1.58. The van der Waals surface area contributed by atoms with Crippen LogP contribution < -0.4 is 14.8 Å². The van der Waals surface area contributed by atoms with Crippen LogP contribution in [0.1, 0.15) is 17.3 Å². The molecule has 3 rings (SSSR count). The Labute approximate surface area is 164 Å². The molecule has 0 heterocycles. The van der Waals surface area contributed by atoms with Gasteiger partial charge in [0.05, 0.1) is 22.7 Å². The van der Waals surface area contributed by atoms with E-state index >= 15 is 0 Å². The van der Waals surface area contributed by atoms with Gasteiger partial charge < -0.3 is 10.1 Å². The van der Waals surface area contributed by atoms with Gasteiger partial charge in [0.2, 0.25) is 10.0 Å². The van der Waals surface area contributed by atoms with E-state index in [1.165, 1.54) is 0 Å². The molecule has 0 aliphatic heterocycles. The average Bonchev–Trinajstić information content (AvgIpc) is 2.71. The number of benzene rings is 3. The number of hydrogen-bond donors (Lipinski definition) is 2. The number of sulfonamides is 1. The third kappa shape index (κ3) is 5.11. The predicted octanol–water partition coefficient (Wildman–Crippen LogP) is 4.41. The molecule has 2 N–H and O–H groups in total. The van der Waals surface area contributed by atoms with Crippen LogP contribution in [0.5, 0.6) is 5.75 Å². The van der Waals surface area contributed by atoms with Crippen molar-refractivity contribution in [3.05, 3.63) is 84.4 Å². The molecule has 0 amide bonds. The number of ether oxygens (including phenoxy) is 1. The Bertz CT molecular complexity index is 1050. The summed E-state index contributed by atoms with van der Waals surface area (Å²) < 4.78 is 31.6. The van der Waals surface area contributed by atoms with Crippen LogP contribution in [0.25, 0.3) is 0 Å². The number of anilines is 3. The molecule has 0 fully saturated rings. The molecule has 0 atom stereocenters. The number of esters is 1. The van der Waals surface area contributed by atoms with E-state index in [1.54, 1.807) is 73.7 Å². The van der Waals surface area contributed by atoms with Crippen molar-refractivity contribution in [1.82, 2.24) is 0 Å². The van der Waals surface area contributed by atoms with Crippen LogP contribution in [-0.4, -0.2) is 20.1 Å². The molecule has 6 nitrogen and oxygen atoms in total. The van der Waals surface area contributed by atoms with E-state index in [9.17, 15) is 13.2 Å². The van der Waals surface area contributed by atoms with Crippen molar-refractivity contribution < 1.29 is 17.9 Å². The van der Waals surface area contributed by atoms with E-state index in [0.29, 0.717) is 22.7 Å². The minimum Gasteiger partial charge on any atom is -0.423 e. The zero-order valence-corrected chi connectivity index (χ0v) is 16.1. The van der Waals surface area contributed by atoms with Crippen molar-refractivity contribution in [2.45, 2.75) is 6.92 Å². The number of para-hydroxylation sites is 2. The van der Waals surface area contributed by atoms with Gasteiger partial charge >= 0.3 is 5.97 Å². The second-order valence-corrected chi connectivity index (χ2v) is 7.97. The minimum absolute atomic E-state index is 0.0111. The standard InChI is InChI=1S/C21H20N2O4S/c1-2-28(25,26)23-20-11-7-6-10-19(20)22-17-12-14-18(15-13-17)27-21(24)16-8-4-3-5-9-16/h3-15,22-23H,2H2,1H3. The molecule has 0 saturated heterocycles. The van der Waals surface area contributed by atoms with Crippen LogP contribution >= 0.6 is 0 Å². The highest BCUT2D eigenvalue weighted by Crippen LogP contribution is 2.27. The lowest BCUT2D eigenvalue weighted by atomic mass is 10.2. The van der Waals surface area contributed by atoms with E-state index < -0.39 is 16.0 Å². The Morgan fingerprint density at radius 1 is 0.857 bits per heavy atom. The fourth-order valence-electron chi connectivity index (χ4n) is 2.42. The molecule has 0 aliphatic carbocycles. The maximum Gasteiger partial charge on any atom is 0.343 e. The molecule has 144 valence electrons. The minimum atomic E-state index is -3.38. The van der Waals surface area contributed by atoms with Crippen LogP contribution in [0.15, 0.2) is 78.9 Å². The zero-order chi connectivity index (χ0) is 20.0. The fourth-order valence-corrected chi connectivity index (χ4v) is 3.08. The number of nitrogens with one attached hydrogen (secondary N) is 2. The Balaban J connectivity index is 1.71. The lowest BCUT2D eigenvalue weighted by Gasteiger charge is -2.14. The second-order valence-electron chi connectivity index (χ2n) is 5.96. The number of rotatable bonds is 7. The molecule has 0 spiro atoms. The van der Waals surface area contributed by atoms with Gasteiger partial charge in [-0.1, -0.05) is 30.3 Å². The second kappa shape index (κ2) is 8.58. The first kappa shape index (κ1) is 19.4. The van der Waals surface area contributed by atoms with E-state index in [-0.39, 0.29) is 5.75 Å². The highest BCUT2D eigenvalue weighted by molar-refractivity contribution is 7.92. The number of carbonyl (C=O) groups excluding carboxylic acids is 1. The fraction of sp³-hybridized carbons (Fsp3) is 0.0952. The van der Waals surface area contributed by atoms with E-state index in [2.05, 4.69) is 10.0 Å². The molecule has 0 radical (unpaired) electrons. The number of carbonyl (C=O) groups is 1. The molecule has 7 heteroatoms. The molecule has 3 aromatic carbocycles. The smallest absolute Gasteiger partial charge is 0.343 e. The largest absolute Gasteiger partial charge is 0.423 e. The summed E-state index contributed by atoms with van der Waals surface area (Å²) in [5, 5.41) is 3.16. The molecule has 28 heavy (non-hydrogen) atoms. The van der Waals surface area contributed by atoms with Crippen molar-refractivity contribution >= 4 is 33.1 Å². The van der Waals surface area contributed by atoms with Gasteiger partial charge in [-0.2, -0.15) is 0 Å². The van der Waals surface area contributed by atoms with Crippen LogP contribution in [0, 0.1) is 0 Å². The topological polar surface area (TPSA) is 84.5 Å². The summed E-state index contributed by atoms with van der Waals surface area (Å²) in [4.78, 5) is 12.1. The average molecular weight is 396 g/mol. The molecular weight excluding hydrogens is 376 g/mol. The Morgan fingerprint density at radius 3 is 2.11 bits per heavy atom. The van der Waals surface area contributed by atoms with E-state index in [4.69, 9.17) is 4.74 Å². The maximum atomic E-state index is 12.1. The van der Waals surface area contributed by atoms with Gasteiger partial charge in [-0.3, -0.25) is 4.72 Å². The van der Waals surface area contributed by atoms with Gasteiger partial charge in [0.15, 0.2) is 0 Å². The summed E-state index contributed by atoms with van der Waals surface area (Å²) in [6.07, 6.45) is 0. The first-order chi connectivity index (χ1) is 13.5. The lowest BCUT2D eigenvalue weighted by molar-refractivity contribution is 0.0735. The van der Waals surface area contributed by atoms with Gasteiger partial charge in [0.25, 0.3) is 0 Å². The summed E-state index contributed by atoms with van der Waals surface area (Å²) in [6, 6.07) is 22.6. The summed E-state index contributed by atoms with van der Waals surface area (Å²) in [5.74, 6) is -0.0250. The van der Waals surface area contributed by atoms with Crippen LogP contribution in [0.4, 0.5) is 17.1 Å². The highest BCUT2D eigenvalue weighted by atomic mass is 32.2. The normalized spacial score (nSPS) is 10.9. The first-order valence-electron chi connectivity index (χ1n) is 8.71. The number of hydrogen-bond acceptors (Lipinski definition) is 5. The molecule has 0 saturated carbocycles. The summed E-state index contributed by atoms with van der Waals surface area (Å²) in [7, 11) is -3.38. The van der Waals surface area contributed by atoms with Crippen LogP contribution in [0.3, 0.4) is 0 Å². The highest BCUT2D eigenvalue weighted by Gasteiger charge is 2.11. The lowest BCUT2D eigenvalue weighted by Crippen LogP contribution is -2.15. The quantitative estimate of drug-likeness (QED) is 0.456. The summed E-state index contributed by atoms with van der Waals surface area (Å²) >= 11 is 0. The van der Waals surface area contributed by atoms with Gasteiger partial charge in [-0.05, 0) is 55.5 Å². The molecule has 0 aromatic heterocycles. The summed E-state index contributed by atoms with van der Waals surface area (Å²) in [5.41, 5.74) is 2.28. The Morgan fingerprint density at radius 2 is 1.46 bits per heavy atom. The third-order valence-corrected chi connectivity index (χ3v) is 5.22. The predicted molar refractivity (Wildman–Crippen MR) is 111 cm³/mol. The van der Waals surface area contributed by atoms with Gasteiger partial charge in [-0.15, -0.1) is 0 Å². The monoisotopic (exact) mass is 396 g/mol. The van der Waals surface area contributed by atoms with Gasteiger partial charge in [0.1, 0.15) is 5.75 Å². The Kier molecular flexibility index (Phi) is 5.96. The molecule has 3 aromatic rings. The van der Waals surface area contributed by atoms with Crippen molar-refractivity contribution in [1.29, 1.82) is 0 Å². The van der Waals surface area contributed by atoms with Crippen LogP contribution in [0.2, 0.25) is 0 Å². The molecule has 0 unspecified atom stereocenters. The van der Waals surface area contributed by atoms with Crippen molar-refractivity contribution in [3.8, 4) is 5.75 Å².